The van der Waals surface area contributed by atoms with Crippen molar-refractivity contribution in [1.82, 2.24) is 31.5 Å². The van der Waals surface area contributed by atoms with E-state index in [0.717, 1.165) is 17.1 Å². The van der Waals surface area contributed by atoms with E-state index in [-0.39, 0.29) is 40.7 Å². The summed E-state index contributed by atoms with van der Waals surface area (Å²) in [6.45, 7) is 3.15. The number of amides is 3. The molecule has 1 fully saturated rings. The molecule has 1 aromatic heterocycles. The van der Waals surface area contributed by atoms with Crippen LogP contribution in [0, 0.1) is 5.92 Å². The molecule has 0 spiro atoms. The van der Waals surface area contributed by atoms with Crippen LogP contribution >= 0.6 is 0 Å². The molecule has 13 heteroatoms. The SMILES string of the molecule is C[C@H](NCCNC(=O)c1cc(C(=O)NCc2ccn[nH]2)cc(N(C)S(=O)(=O)c2ccccc2)c1)C(=O)NCC1CC1. The number of aromatic amines is 1. The fourth-order valence-electron chi connectivity index (χ4n) is 3.98. The summed E-state index contributed by atoms with van der Waals surface area (Å²) < 4.78 is 27.6. The molecule has 3 aromatic rings. The number of nitrogens with one attached hydrogen (secondary N) is 5. The van der Waals surface area contributed by atoms with Crippen molar-refractivity contribution in [3.05, 3.63) is 77.6 Å². The first-order chi connectivity index (χ1) is 19.6. The average Bonchev–Trinajstić information content (AvgIpc) is 3.67. The van der Waals surface area contributed by atoms with Crippen molar-refractivity contribution in [2.24, 2.45) is 5.92 Å². The van der Waals surface area contributed by atoms with Gasteiger partial charge in [-0.3, -0.25) is 23.8 Å². The predicted octanol–water partition coefficient (Wildman–Crippen LogP) is 1.40. The number of rotatable bonds is 14. The normalized spacial score (nSPS) is 13.7. The highest BCUT2D eigenvalue weighted by atomic mass is 32.2. The molecule has 1 heterocycles. The van der Waals surface area contributed by atoms with Crippen LogP contribution in [0.5, 0.6) is 0 Å². The number of H-pyrrole nitrogens is 1. The number of benzene rings is 2. The lowest BCUT2D eigenvalue weighted by Gasteiger charge is -2.21. The number of carbonyl (C=O) groups is 3. The second-order valence-corrected chi connectivity index (χ2v) is 11.9. The molecule has 1 saturated carbocycles. The molecule has 1 aliphatic carbocycles. The van der Waals surface area contributed by atoms with Crippen molar-refractivity contribution < 1.29 is 22.8 Å². The molecular formula is C28H35N7O5S. The minimum absolute atomic E-state index is 0.0731. The number of hydrogen-bond donors (Lipinski definition) is 5. The Morgan fingerprint density at radius 2 is 1.66 bits per heavy atom. The minimum Gasteiger partial charge on any atom is -0.354 e. The van der Waals surface area contributed by atoms with Crippen LogP contribution in [0.3, 0.4) is 0 Å². The Morgan fingerprint density at radius 1 is 0.976 bits per heavy atom. The van der Waals surface area contributed by atoms with Crippen LogP contribution in [0.25, 0.3) is 0 Å². The van der Waals surface area contributed by atoms with Crippen LogP contribution < -0.4 is 25.6 Å². The molecule has 0 saturated heterocycles. The van der Waals surface area contributed by atoms with Crippen molar-refractivity contribution in [3.8, 4) is 0 Å². The molecule has 0 aliphatic heterocycles. The highest BCUT2D eigenvalue weighted by molar-refractivity contribution is 7.92. The van der Waals surface area contributed by atoms with Crippen molar-refractivity contribution in [1.29, 1.82) is 0 Å². The lowest BCUT2D eigenvalue weighted by Crippen LogP contribution is -2.45. The number of anilines is 1. The molecule has 5 N–H and O–H groups in total. The summed E-state index contributed by atoms with van der Waals surface area (Å²) in [5.41, 5.74) is 1.05. The van der Waals surface area contributed by atoms with Crippen molar-refractivity contribution in [2.45, 2.75) is 37.2 Å². The highest BCUT2D eigenvalue weighted by Gasteiger charge is 2.24. The fraction of sp³-hybridized carbons (Fsp3) is 0.357. The molecule has 1 atom stereocenters. The lowest BCUT2D eigenvalue weighted by molar-refractivity contribution is -0.122. The maximum absolute atomic E-state index is 13.3. The van der Waals surface area contributed by atoms with Crippen molar-refractivity contribution >= 4 is 33.4 Å². The molecule has 0 radical (unpaired) electrons. The predicted molar refractivity (Wildman–Crippen MR) is 154 cm³/mol. The van der Waals surface area contributed by atoms with Crippen LogP contribution in [0.4, 0.5) is 5.69 Å². The number of aromatic nitrogens is 2. The first-order valence-electron chi connectivity index (χ1n) is 13.4. The van der Waals surface area contributed by atoms with Gasteiger partial charge in [-0.15, -0.1) is 0 Å². The third kappa shape index (κ3) is 8.14. The Morgan fingerprint density at radius 3 is 2.29 bits per heavy atom. The van der Waals surface area contributed by atoms with Gasteiger partial charge < -0.3 is 21.3 Å². The van der Waals surface area contributed by atoms with Gasteiger partial charge in [-0.25, -0.2) is 8.42 Å². The zero-order valence-electron chi connectivity index (χ0n) is 23.0. The molecule has 1 aliphatic rings. The number of nitrogens with zero attached hydrogens (tertiary/aromatic N) is 2. The first kappa shape index (κ1) is 29.7. The third-order valence-corrected chi connectivity index (χ3v) is 8.52. The zero-order valence-corrected chi connectivity index (χ0v) is 23.8. The van der Waals surface area contributed by atoms with Crippen molar-refractivity contribution in [2.75, 3.05) is 31.0 Å². The summed E-state index contributed by atoms with van der Waals surface area (Å²) >= 11 is 0. The summed E-state index contributed by atoms with van der Waals surface area (Å²) in [5, 5.41) is 18.1. The number of sulfonamides is 1. The van der Waals surface area contributed by atoms with Gasteiger partial charge in [0.05, 0.1) is 28.9 Å². The minimum atomic E-state index is -3.96. The van der Waals surface area contributed by atoms with Gasteiger partial charge in [0.2, 0.25) is 5.91 Å². The van der Waals surface area contributed by atoms with Crippen molar-refractivity contribution in [3.63, 3.8) is 0 Å². The third-order valence-electron chi connectivity index (χ3n) is 6.72. The summed E-state index contributed by atoms with van der Waals surface area (Å²) in [7, 11) is -2.59. The fourth-order valence-corrected chi connectivity index (χ4v) is 5.18. The topological polar surface area (TPSA) is 165 Å². The number of hydrogen-bond acceptors (Lipinski definition) is 7. The second-order valence-electron chi connectivity index (χ2n) is 9.94. The Balaban J connectivity index is 1.46. The molecule has 12 nitrogen and oxygen atoms in total. The van der Waals surface area contributed by atoms with E-state index in [1.54, 1.807) is 37.4 Å². The number of carbonyl (C=O) groups excluding carboxylic acids is 3. The first-order valence-corrected chi connectivity index (χ1v) is 14.8. The molecule has 41 heavy (non-hydrogen) atoms. The van der Waals surface area contributed by atoms with Crippen LogP contribution in [-0.2, 0) is 21.4 Å². The van der Waals surface area contributed by atoms with E-state index in [1.807, 2.05) is 0 Å². The van der Waals surface area contributed by atoms with Gasteiger partial charge >= 0.3 is 0 Å². The molecule has 0 unspecified atom stereocenters. The van der Waals surface area contributed by atoms with Gasteiger partial charge in [-0.05, 0) is 62.1 Å². The van der Waals surface area contributed by atoms with E-state index in [1.165, 1.54) is 37.4 Å². The van der Waals surface area contributed by atoms with Gasteiger partial charge in [0.25, 0.3) is 21.8 Å². The van der Waals surface area contributed by atoms with Crippen LogP contribution in [0.1, 0.15) is 46.2 Å². The Labute approximate surface area is 239 Å². The van der Waals surface area contributed by atoms with Crippen LogP contribution in [0.15, 0.2) is 65.7 Å². The molecule has 2 aromatic carbocycles. The largest absolute Gasteiger partial charge is 0.354 e. The highest BCUT2D eigenvalue weighted by Crippen LogP contribution is 2.27. The molecule has 4 rings (SSSR count). The van der Waals surface area contributed by atoms with E-state index >= 15 is 0 Å². The van der Waals surface area contributed by atoms with Gasteiger partial charge in [0, 0.05) is 44.0 Å². The summed E-state index contributed by atoms with van der Waals surface area (Å²) in [6.07, 6.45) is 3.86. The van der Waals surface area contributed by atoms with Gasteiger partial charge in [-0.1, -0.05) is 18.2 Å². The molecule has 3 amide bonds. The van der Waals surface area contributed by atoms with E-state index in [2.05, 4.69) is 31.5 Å². The Bertz CT molecular complexity index is 1460. The average molecular weight is 582 g/mol. The Hall–Kier alpha value is -4.23. The van der Waals surface area contributed by atoms with Gasteiger partial charge in [0.15, 0.2) is 0 Å². The second kappa shape index (κ2) is 13.4. The standard InChI is InChI=1S/C28H35N7O5S/c1-19(26(36)31-17-20-8-9-20)29-12-13-30-27(37)21-14-22(28(38)32-18-23-10-11-33-34-23)16-24(15-21)35(2)41(39,40)25-6-4-3-5-7-25/h3-7,10-11,14-16,19-20,29H,8-9,12-13,17-18H2,1-2H3,(H,30,37)(H,31,36)(H,32,38)(H,33,34)/t19-/m0/s1. The smallest absolute Gasteiger partial charge is 0.264 e. The maximum Gasteiger partial charge on any atom is 0.264 e. The molecule has 0 bridgehead atoms. The van der Waals surface area contributed by atoms with Gasteiger partial charge in [-0.2, -0.15) is 5.10 Å². The van der Waals surface area contributed by atoms with E-state index < -0.39 is 27.9 Å². The van der Waals surface area contributed by atoms with E-state index in [0.29, 0.717) is 24.7 Å². The quantitative estimate of drug-likeness (QED) is 0.180. The van der Waals surface area contributed by atoms with Gasteiger partial charge in [0.1, 0.15) is 0 Å². The molecule has 218 valence electrons. The van der Waals surface area contributed by atoms with Crippen LogP contribution in [-0.4, -0.2) is 69.1 Å². The lowest BCUT2D eigenvalue weighted by atomic mass is 10.1. The van der Waals surface area contributed by atoms with E-state index in [4.69, 9.17) is 0 Å². The summed E-state index contributed by atoms with van der Waals surface area (Å²) in [5.74, 6) is -0.494. The summed E-state index contributed by atoms with van der Waals surface area (Å²) in [6, 6.07) is 13.4. The Kier molecular flexibility index (Phi) is 9.73. The van der Waals surface area contributed by atoms with Crippen LogP contribution in [0.2, 0.25) is 0 Å². The summed E-state index contributed by atoms with van der Waals surface area (Å²) in [4.78, 5) is 38.4. The van der Waals surface area contributed by atoms with E-state index in [9.17, 15) is 22.8 Å². The monoisotopic (exact) mass is 581 g/mol. The molecular weight excluding hydrogens is 546 g/mol. The zero-order chi connectivity index (χ0) is 29.4. The maximum atomic E-state index is 13.3.